The van der Waals surface area contributed by atoms with Gasteiger partial charge in [-0.2, -0.15) is 5.10 Å². The van der Waals surface area contributed by atoms with Crippen molar-refractivity contribution >= 4 is 15.6 Å². The molecule has 1 N–H and O–H groups in total. The second-order valence-electron chi connectivity index (χ2n) is 6.34. The van der Waals surface area contributed by atoms with Gasteiger partial charge in [0.25, 0.3) is 6.43 Å². The summed E-state index contributed by atoms with van der Waals surface area (Å²) < 4.78 is 52.6. The minimum atomic E-state index is -4.05. The van der Waals surface area contributed by atoms with Crippen LogP contribution in [0.5, 0.6) is 0 Å². The topological polar surface area (TPSA) is 81.1 Å². The first kappa shape index (κ1) is 16.5. The van der Waals surface area contributed by atoms with Crippen LogP contribution in [0, 0.1) is 5.41 Å². The summed E-state index contributed by atoms with van der Waals surface area (Å²) in [5.41, 5.74) is -1.17. The first-order valence-corrected chi connectivity index (χ1v) is 9.12. The van der Waals surface area contributed by atoms with E-state index in [1.54, 1.807) is 0 Å². The molecule has 1 aromatic rings. The third-order valence-electron chi connectivity index (χ3n) is 5.00. The van der Waals surface area contributed by atoms with Gasteiger partial charge in [-0.15, -0.1) is 0 Å². The second-order valence-corrected chi connectivity index (χ2v) is 8.32. The van der Waals surface area contributed by atoms with Crippen molar-refractivity contribution in [3.63, 3.8) is 0 Å². The van der Waals surface area contributed by atoms with Crippen LogP contribution < -0.4 is 5.32 Å². The van der Waals surface area contributed by atoms with Crippen molar-refractivity contribution in [2.75, 3.05) is 13.1 Å². The Hall–Kier alpha value is -1.35. The number of hydrogen-bond donors (Lipinski definition) is 1. The molecule has 3 rings (SSSR count). The lowest BCUT2D eigenvalue weighted by Crippen LogP contribution is -2.47. The zero-order chi connectivity index (χ0) is 16.8. The van der Waals surface area contributed by atoms with Crippen molar-refractivity contribution in [2.24, 2.45) is 12.5 Å². The minimum absolute atomic E-state index is 0.226. The monoisotopic (exact) mass is 347 g/mol. The molecule has 1 saturated carbocycles. The molecule has 0 amide bonds. The summed E-state index contributed by atoms with van der Waals surface area (Å²) in [7, 11) is -2.74. The maximum Gasteiger partial charge on any atom is 0.282 e. The average molecular weight is 347 g/mol. The standard InChI is InChI=1S/C14H19F2N3O3S/c1-19-11(8-9(18-19)13(15)16)23(21,22)12-10(20)2-3-14(12)4-6-17-7-5-14/h8,12-13,17H,2-7H2,1H3. The molecule has 1 saturated heterocycles. The molecule has 1 unspecified atom stereocenters. The van der Waals surface area contributed by atoms with Crippen LogP contribution in [0.1, 0.15) is 37.8 Å². The zero-order valence-corrected chi connectivity index (χ0v) is 13.6. The molecule has 23 heavy (non-hydrogen) atoms. The molecule has 0 radical (unpaired) electrons. The number of alkyl halides is 2. The van der Waals surface area contributed by atoms with Crippen LogP contribution in [0.25, 0.3) is 0 Å². The lowest BCUT2D eigenvalue weighted by molar-refractivity contribution is -0.117. The van der Waals surface area contributed by atoms with Crippen LogP contribution in [-0.2, 0) is 21.7 Å². The Balaban J connectivity index is 2.05. The number of nitrogens with one attached hydrogen (secondary N) is 1. The smallest absolute Gasteiger partial charge is 0.282 e. The van der Waals surface area contributed by atoms with Crippen LogP contribution in [0.2, 0.25) is 0 Å². The van der Waals surface area contributed by atoms with Crippen molar-refractivity contribution < 1.29 is 22.0 Å². The minimum Gasteiger partial charge on any atom is -0.317 e. The van der Waals surface area contributed by atoms with E-state index in [0.29, 0.717) is 32.4 Å². The Morgan fingerprint density at radius 1 is 1.35 bits per heavy atom. The van der Waals surface area contributed by atoms with Gasteiger partial charge in [-0.05, 0) is 37.8 Å². The number of aryl methyl sites for hydroxylation is 1. The van der Waals surface area contributed by atoms with E-state index in [-0.39, 0.29) is 17.2 Å². The molecule has 9 heteroatoms. The maximum atomic E-state index is 13.0. The van der Waals surface area contributed by atoms with Crippen molar-refractivity contribution in [3.8, 4) is 0 Å². The van der Waals surface area contributed by atoms with Crippen LogP contribution in [-0.4, -0.2) is 42.3 Å². The number of ketones is 1. The van der Waals surface area contributed by atoms with Gasteiger partial charge in [0.2, 0.25) is 9.84 Å². The van der Waals surface area contributed by atoms with Crippen LogP contribution in [0.3, 0.4) is 0 Å². The highest BCUT2D eigenvalue weighted by Gasteiger charge is 2.55. The number of halogens is 2. The highest BCUT2D eigenvalue weighted by molar-refractivity contribution is 7.92. The Morgan fingerprint density at radius 3 is 2.57 bits per heavy atom. The Kier molecular flexibility index (Phi) is 4.04. The number of Topliss-reactive ketones (excluding diaryl/α,β-unsaturated/α-hetero) is 1. The first-order chi connectivity index (χ1) is 10.8. The number of carbonyl (C=O) groups is 1. The Morgan fingerprint density at radius 2 is 2.00 bits per heavy atom. The van der Waals surface area contributed by atoms with Gasteiger partial charge < -0.3 is 5.32 Å². The van der Waals surface area contributed by atoms with Gasteiger partial charge in [0.1, 0.15) is 10.9 Å². The van der Waals surface area contributed by atoms with Gasteiger partial charge in [0.05, 0.1) is 0 Å². The van der Waals surface area contributed by atoms with E-state index in [1.165, 1.54) is 7.05 Å². The summed E-state index contributed by atoms with van der Waals surface area (Å²) in [4.78, 5) is 12.3. The molecule has 0 aromatic carbocycles. The molecule has 1 aromatic heterocycles. The lowest BCUT2D eigenvalue weighted by Gasteiger charge is -2.37. The fourth-order valence-corrected chi connectivity index (χ4v) is 6.29. The average Bonchev–Trinajstić information content (AvgIpc) is 3.02. The van der Waals surface area contributed by atoms with Gasteiger partial charge >= 0.3 is 0 Å². The van der Waals surface area contributed by atoms with Crippen molar-refractivity contribution in [3.05, 3.63) is 11.8 Å². The molecule has 1 spiro atoms. The van der Waals surface area contributed by atoms with E-state index in [9.17, 15) is 22.0 Å². The summed E-state index contributed by atoms with van der Waals surface area (Å²) in [6, 6.07) is 0.889. The van der Waals surface area contributed by atoms with E-state index in [1.807, 2.05) is 0 Å². The molecule has 128 valence electrons. The fraction of sp³-hybridized carbons (Fsp3) is 0.714. The predicted molar refractivity (Wildman–Crippen MR) is 77.9 cm³/mol. The number of aromatic nitrogens is 2. The Bertz CT molecular complexity index is 724. The molecular formula is C14H19F2N3O3S. The molecule has 1 aliphatic heterocycles. The summed E-state index contributed by atoms with van der Waals surface area (Å²) in [5, 5.41) is 5.29. The molecular weight excluding hydrogens is 328 g/mol. The summed E-state index contributed by atoms with van der Waals surface area (Å²) in [6.07, 6.45) is -0.887. The second kappa shape index (κ2) is 5.62. The number of hydrogen-bond acceptors (Lipinski definition) is 5. The number of sulfone groups is 1. The predicted octanol–water partition coefficient (Wildman–Crippen LogP) is 1.23. The zero-order valence-electron chi connectivity index (χ0n) is 12.8. The molecule has 2 heterocycles. The maximum absolute atomic E-state index is 13.0. The molecule has 1 aliphatic carbocycles. The van der Waals surface area contributed by atoms with Crippen LogP contribution in [0.4, 0.5) is 8.78 Å². The first-order valence-electron chi connectivity index (χ1n) is 7.57. The van der Waals surface area contributed by atoms with Gasteiger partial charge in [-0.3, -0.25) is 9.48 Å². The number of rotatable bonds is 3. The molecule has 0 bridgehead atoms. The highest BCUT2D eigenvalue weighted by atomic mass is 32.2. The van der Waals surface area contributed by atoms with Gasteiger partial charge in [-0.1, -0.05) is 0 Å². The van der Waals surface area contributed by atoms with E-state index < -0.39 is 32.6 Å². The lowest BCUT2D eigenvalue weighted by atomic mass is 9.77. The van der Waals surface area contributed by atoms with Gasteiger partial charge in [0.15, 0.2) is 10.8 Å². The van der Waals surface area contributed by atoms with Crippen LogP contribution in [0.15, 0.2) is 11.1 Å². The van der Waals surface area contributed by atoms with Crippen LogP contribution >= 0.6 is 0 Å². The molecule has 6 nitrogen and oxygen atoms in total. The van der Waals surface area contributed by atoms with Crippen molar-refractivity contribution in [1.29, 1.82) is 0 Å². The third-order valence-corrected chi connectivity index (χ3v) is 7.35. The summed E-state index contributed by atoms with van der Waals surface area (Å²) in [6.45, 7) is 1.32. The number of nitrogens with zero attached hydrogens (tertiary/aromatic N) is 2. The molecule has 1 atom stereocenters. The largest absolute Gasteiger partial charge is 0.317 e. The fourth-order valence-electron chi connectivity index (χ4n) is 3.88. The quantitative estimate of drug-likeness (QED) is 0.889. The van der Waals surface area contributed by atoms with Gasteiger partial charge in [-0.25, -0.2) is 17.2 Å². The van der Waals surface area contributed by atoms with E-state index in [0.717, 1.165) is 10.7 Å². The van der Waals surface area contributed by atoms with E-state index in [4.69, 9.17) is 0 Å². The van der Waals surface area contributed by atoms with E-state index >= 15 is 0 Å². The molecule has 2 fully saturated rings. The third kappa shape index (κ3) is 2.59. The number of carbonyl (C=O) groups excluding carboxylic acids is 1. The normalized spacial score (nSPS) is 24.7. The summed E-state index contributed by atoms with van der Waals surface area (Å²) in [5.74, 6) is -0.313. The SMILES string of the molecule is Cn1nc(C(F)F)cc1S(=O)(=O)C1C(=O)CCC12CCNCC2. The Labute approximate surface area is 133 Å². The van der Waals surface area contributed by atoms with Crippen molar-refractivity contribution in [2.45, 2.75) is 42.4 Å². The van der Waals surface area contributed by atoms with E-state index in [2.05, 4.69) is 10.4 Å². The van der Waals surface area contributed by atoms with Gasteiger partial charge in [0, 0.05) is 19.5 Å². The highest BCUT2D eigenvalue weighted by Crippen LogP contribution is 2.48. The number of piperidine rings is 1. The van der Waals surface area contributed by atoms with Crippen molar-refractivity contribution in [1.82, 2.24) is 15.1 Å². The summed E-state index contributed by atoms with van der Waals surface area (Å²) >= 11 is 0. The molecule has 2 aliphatic rings.